The molecule has 1 aliphatic carbocycles. The molecule has 138 valence electrons. The van der Waals surface area contributed by atoms with Crippen molar-refractivity contribution in [2.24, 2.45) is 12.0 Å². The second-order valence-corrected chi connectivity index (χ2v) is 5.91. The number of hydrogen-bond donors (Lipinski definition) is 2. The molecule has 1 aromatic heterocycles. The van der Waals surface area contributed by atoms with Crippen molar-refractivity contribution < 1.29 is 4.74 Å². The summed E-state index contributed by atoms with van der Waals surface area (Å²) >= 11 is 0. The van der Waals surface area contributed by atoms with Crippen molar-refractivity contribution >= 4 is 29.9 Å². The minimum atomic E-state index is 0. The van der Waals surface area contributed by atoms with Crippen molar-refractivity contribution in [1.82, 2.24) is 25.4 Å². The van der Waals surface area contributed by atoms with Gasteiger partial charge in [-0.25, -0.2) is 9.98 Å². The van der Waals surface area contributed by atoms with Gasteiger partial charge < -0.3 is 15.4 Å². The van der Waals surface area contributed by atoms with E-state index >= 15 is 0 Å². The molecule has 1 heterocycles. The number of nitrogens with one attached hydrogen (secondary N) is 2. The van der Waals surface area contributed by atoms with Crippen LogP contribution in [0.5, 0.6) is 0 Å². The highest BCUT2D eigenvalue weighted by Gasteiger charge is 2.12. The van der Waals surface area contributed by atoms with E-state index in [1.54, 1.807) is 11.0 Å². The van der Waals surface area contributed by atoms with Gasteiger partial charge in [0.1, 0.15) is 18.7 Å². The third kappa shape index (κ3) is 7.78. The van der Waals surface area contributed by atoms with Gasteiger partial charge in [-0.2, -0.15) is 5.10 Å². The van der Waals surface area contributed by atoms with Crippen molar-refractivity contribution in [3.8, 4) is 0 Å². The van der Waals surface area contributed by atoms with E-state index in [1.165, 1.54) is 32.1 Å². The largest absolute Gasteiger partial charge is 0.378 e. The molecule has 1 aliphatic rings. The molecule has 0 bridgehead atoms. The Balaban J connectivity index is 0.00000288. The van der Waals surface area contributed by atoms with Crippen LogP contribution in [-0.4, -0.2) is 46.5 Å². The molecule has 1 saturated carbocycles. The summed E-state index contributed by atoms with van der Waals surface area (Å²) in [4.78, 5) is 8.71. The Bertz CT molecular complexity index is 473. The molecule has 7 nitrogen and oxygen atoms in total. The first-order valence-electron chi connectivity index (χ1n) is 8.76. The Kier molecular flexibility index (Phi) is 11.0. The zero-order valence-electron chi connectivity index (χ0n) is 14.8. The summed E-state index contributed by atoms with van der Waals surface area (Å²) in [5.74, 6) is 1.66. The molecule has 0 saturated heterocycles. The number of aliphatic imine (C=N–C) groups is 1. The van der Waals surface area contributed by atoms with Crippen LogP contribution in [0.2, 0.25) is 0 Å². The van der Waals surface area contributed by atoms with E-state index in [9.17, 15) is 0 Å². The Morgan fingerprint density at radius 2 is 2.12 bits per heavy atom. The zero-order chi connectivity index (χ0) is 16.3. The van der Waals surface area contributed by atoms with Crippen LogP contribution in [0.15, 0.2) is 11.3 Å². The number of ether oxygens (including phenoxy) is 1. The maximum atomic E-state index is 5.94. The van der Waals surface area contributed by atoms with E-state index in [2.05, 4.69) is 32.6 Å². The predicted molar refractivity (Wildman–Crippen MR) is 107 cm³/mol. The Hall–Kier alpha value is -0.900. The third-order valence-electron chi connectivity index (χ3n) is 4.05. The average molecular weight is 450 g/mol. The first-order chi connectivity index (χ1) is 11.3. The molecule has 0 radical (unpaired) electrons. The van der Waals surface area contributed by atoms with E-state index < -0.39 is 0 Å². The summed E-state index contributed by atoms with van der Waals surface area (Å²) in [5, 5.41) is 10.6. The molecule has 2 rings (SSSR count). The topological polar surface area (TPSA) is 76.4 Å². The second-order valence-electron chi connectivity index (χ2n) is 5.91. The van der Waals surface area contributed by atoms with E-state index in [-0.39, 0.29) is 24.0 Å². The number of guanidine groups is 1. The maximum Gasteiger partial charge on any atom is 0.191 e. The smallest absolute Gasteiger partial charge is 0.191 e. The number of nitrogens with zero attached hydrogens (tertiary/aromatic N) is 4. The van der Waals surface area contributed by atoms with Gasteiger partial charge in [-0.15, -0.1) is 24.0 Å². The first-order valence-corrected chi connectivity index (χ1v) is 8.76. The molecule has 1 fully saturated rings. The SMILES string of the molecule is CCNC(=NCc1ncnn1C)NCCCOC1CCCCC1.I. The Labute approximate surface area is 162 Å². The lowest BCUT2D eigenvalue weighted by molar-refractivity contribution is 0.0277. The second kappa shape index (κ2) is 12.5. The van der Waals surface area contributed by atoms with E-state index in [1.807, 2.05) is 7.05 Å². The number of halogens is 1. The van der Waals surface area contributed by atoms with Crippen LogP contribution in [0.25, 0.3) is 0 Å². The van der Waals surface area contributed by atoms with E-state index in [0.717, 1.165) is 37.9 Å². The first kappa shape index (κ1) is 21.1. The highest BCUT2D eigenvalue weighted by molar-refractivity contribution is 14.0. The highest BCUT2D eigenvalue weighted by Crippen LogP contribution is 2.20. The Morgan fingerprint density at radius 3 is 2.79 bits per heavy atom. The molecule has 0 amide bonds. The molecule has 0 aromatic carbocycles. The standard InChI is InChI=1S/C16H30N6O.HI/c1-3-17-16(19-12-15-20-13-21-22(15)2)18-10-7-11-23-14-8-5-4-6-9-14;/h13-14H,3-12H2,1-2H3,(H2,17,18,19);1H. The number of aryl methyl sites for hydroxylation is 1. The third-order valence-corrected chi connectivity index (χ3v) is 4.05. The zero-order valence-corrected chi connectivity index (χ0v) is 17.2. The number of rotatable bonds is 8. The summed E-state index contributed by atoms with van der Waals surface area (Å²) in [6.07, 6.45) is 9.50. The van der Waals surface area contributed by atoms with Gasteiger partial charge in [0.15, 0.2) is 5.96 Å². The van der Waals surface area contributed by atoms with Crippen LogP contribution in [0.3, 0.4) is 0 Å². The molecule has 0 unspecified atom stereocenters. The molecule has 0 aliphatic heterocycles. The lowest BCUT2D eigenvalue weighted by atomic mass is 9.98. The fourth-order valence-electron chi connectivity index (χ4n) is 2.72. The van der Waals surface area contributed by atoms with Crippen molar-refractivity contribution in [2.45, 2.75) is 58.1 Å². The number of hydrogen-bond acceptors (Lipinski definition) is 4. The van der Waals surface area contributed by atoms with Gasteiger partial charge in [-0.3, -0.25) is 4.68 Å². The van der Waals surface area contributed by atoms with Crippen molar-refractivity contribution in [3.63, 3.8) is 0 Å². The molecule has 8 heteroatoms. The van der Waals surface area contributed by atoms with Gasteiger partial charge in [0.2, 0.25) is 0 Å². The fraction of sp³-hybridized carbons (Fsp3) is 0.812. The Morgan fingerprint density at radius 1 is 1.33 bits per heavy atom. The fourth-order valence-corrected chi connectivity index (χ4v) is 2.72. The van der Waals surface area contributed by atoms with Gasteiger partial charge >= 0.3 is 0 Å². The van der Waals surface area contributed by atoms with Gasteiger partial charge in [0.25, 0.3) is 0 Å². The minimum absolute atomic E-state index is 0. The quantitative estimate of drug-likeness (QED) is 0.275. The van der Waals surface area contributed by atoms with Gasteiger partial charge in [-0.1, -0.05) is 19.3 Å². The van der Waals surface area contributed by atoms with Crippen LogP contribution in [0.4, 0.5) is 0 Å². The maximum absolute atomic E-state index is 5.94. The van der Waals surface area contributed by atoms with Gasteiger partial charge in [0.05, 0.1) is 6.10 Å². The van der Waals surface area contributed by atoms with Crippen LogP contribution < -0.4 is 10.6 Å². The molecule has 1 aromatic rings. The molecular weight excluding hydrogens is 419 g/mol. The lowest BCUT2D eigenvalue weighted by Gasteiger charge is -2.22. The minimum Gasteiger partial charge on any atom is -0.378 e. The summed E-state index contributed by atoms with van der Waals surface area (Å²) in [6, 6.07) is 0. The van der Waals surface area contributed by atoms with Crippen molar-refractivity contribution in [1.29, 1.82) is 0 Å². The molecule has 24 heavy (non-hydrogen) atoms. The normalized spacial score (nSPS) is 15.8. The van der Waals surface area contributed by atoms with Crippen molar-refractivity contribution in [3.05, 3.63) is 12.2 Å². The summed E-state index contributed by atoms with van der Waals surface area (Å²) < 4.78 is 7.68. The average Bonchev–Trinajstić information content (AvgIpc) is 2.98. The summed E-state index contributed by atoms with van der Waals surface area (Å²) in [5.41, 5.74) is 0. The van der Waals surface area contributed by atoms with Crippen LogP contribution >= 0.6 is 24.0 Å². The van der Waals surface area contributed by atoms with E-state index in [4.69, 9.17) is 4.74 Å². The lowest BCUT2D eigenvalue weighted by Crippen LogP contribution is -2.38. The molecule has 0 spiro atoms. The van der Waals surface area contributed by atoms with Crippen LogP contribution in [0.1, 0.15) is 51.3 Å². The van der Waals surface area contributed by atoms with Gasteiger partial charge in [0, 0.05) is 26.7 Å². The van der Waals surface area contributed by atoms with Crippen LogP contribution in [0, 0.1) is 0 Å². The number of aromatic nitrogens is 3. The molecule has 0 atom stereocenters. The van der Waals surface area contributed by atoms with Crippen molar-refractivity contribution in [2.75, 3.05) is 19.7 Å². The van der Waals surface area contributed by atoms with Gasteiger partial charge in [-0.05, 0) is 26.2 Å². The summed E-state index contributed by atoms with van der Waals surface area (Å²) in [7, 11) is 1.88. The highest BCUT2D eigenvalue weighted by atomic mass is 127. The molecule has 2 N–H and O–H groups in total. The predicted octanol–water partition coefficient (Wildman–Crippen LogP) is 2.23. The summed E-state index contributed by atoms with van der Waals surface area (Å²) in [6.45, 7) is 5.09. The van der Waals surface area contributed by atoms with Crippen LogP contribution in [-0.2, 0) is 18.3 Å². The molecular formula is C16H31IN6O. The van der Waals surface area contributed by atoms with E-state index in [0.29, 0.717) is 12.6 Å². The monoisotopic (exact) mass is 450 g/mol.